The normalized spacial score (nSPS) is 15.0. The average molecular weight is 343 g/mol. The Bertz CT molecular complexity index is 777. The summed E-state index contributed by atoms with van der Waals surface area (Å²) in [5.74, 6) is -0.0383. The first-order valence-electron chi connectivity index (χ1n) is 8.03. The van der Waals surface area contributed by atoms with E-state index in [1.54, 1.807) is 11.1 Å². The summed E-state index contributed by atoms with van der Waals surface area (Å²) >= 11 is 1.41. The summed E-state index contributed by atoms with van der Waals surface area (Å²) in [6, 6.07) is 7.41. The van der Waals surface area contributed by atoms with E-state index >= 15 is 0 Å². The lowest BCUT2D eigenvalue weighted by atomic mass is 9.98. The highest BCUT2D eigenvalue weighted by atomic mass is 32.1. The smallest absolute Gasteiger partial charge is 0.267 e. The van der Waals surface area contributed by atoms with Crippen LogP contribution in [0.1, 0.15) is 48.3 Å². The molecule has 1 N–H and O–H groups in total. The number of anilines is 2. The molecule has 1 aromatic heterocycles. The molecule has 5 nitrogen and oxygen atoms in total. The molecule has 2 aromatic rings. The molecule has 1 aliphatic rings. The number of amides is 2. The van der Waals surface area contributed by atoms with Crippen molar-refractivity contribution in [2.24, 2.45) is 0 Å². The van der Waals surface area contributed by atoms with Gasteiger partial charge in [-0.3, -0.25) is 9.59 Å². The SMILES string of the molecule is CC(C)(C)c1ncc(C(=O)Nc2cccc(N3CCCC3=O)c2)s1. The van der Waals surface area contributed by atoms with E-state index in [0.29, 0.717) is 17.0 Å². The van der Waals surface area contributed by atoms with Crippen LogP contribution in [-0.4, -0.2) is 23.3 Å². The predicted octanol–water partition coefficient (Wildman–Crippen LogP) is 3.82. The largest absolute Gasteiger partial charge is 0.321 e. The van der Waals surface area contributed by atoms with Gasteiger partial charge in [0.15, 0.2) is 0 Å². The lowest BCUT2D eigenvalue weighted by Crippen LogP contribution is -2.23. The van der Waals surface area contributed by atoms with Crippen molar-refractivity contribution in [3.63, 3.8) is 0 Å². The number of nitrogens with one attached hydrogen (secondary N) is 1. The minimum Gasteiger partial charge on any atom is -0.321 e. The molecule has 0 unspecified atom stereocenters. The van der Waals surface area contributed by atoms with E-state index in [2.05, 4.69) is 31.1 Å². The van der Waals surface area contributed by atoms with Gasteiger partial charge in [-0.25, -0.2) is 4.98 Å². The zero-order valence-corrected chi connectivity index (χ0v) is 14.9. The van der Waals surface area contributed by atoms with Gasteiger partial charge in [-0.05, 0) is 24.6 Å². The molecule has 1 fully saturated rings. The van der Waals surface area contributed by atoms with Gasteiger partial charge < -0.3 is 10.2 Å². The van der Waals surface area contributed by atoms with E-state index in [4.69, 9.17) is 0 Å². The van der Waals surface area contributed by atoms with Gasteiger partial charge in [0.25, 0.3) is 5.91 Å². The zero-order chi connectivity index (χ0) is 17.3. The average Bonchev–Trinajstić information content (AvgIpc) is 3.15. The second-order valence-electron chi connectivity index (χ2n) is 6.93. The number of rotatable bonds is 3. The maximum Gasteiger partial charge on any atom is 0.267 e. The van der Waals surface area contributed by atoms with Crippen LogP contribution in [0, 0.1) is 0 Å². The van der Waals surface area contributed by atoms with E-state index in [0.717, 1.165) is 23.7 Å². The first kappa shape index (κ1) is 16.6. The number of carbonyl (C=O) groups is 2. The van der Waals surface area contributed by atoms with Crippen LogP contribution in [-0.2, 0) is 10.2 Å². The van der Waals surface area contributed by atoms with E-state index in [9.17, 15) is 9.59 Å². The minimum absolute atomic E-state index is 0.0702. The van der Waals surface area contributed by atoms with Crippen LogP contribution in [0.5, 0.6) is 0 Å². The Kier molecular flexibility index (Phi) is 4.41. The number of nitrogens with zero attached hydrogens (tertiary/aromatic N) is 2. The lowest BCUT2D eigenvalue weighted by molar-refractivity contribution is -0.117. The molecule has 1 aromatic carbocycles. The van der Waals surface area contributed by atoms with E-state index in [-0.39, 0.29) is 17.2 Å². The molecule has 1 saturated heterocycles. The van der Waals surface area contributed by atoms with Gasteiger partial charge in [0.05, 0.1) is 11.2 Å². The molecule has 0 aliphatic carbocycles. The molecule has 0 atom stereocenters. The summed E-state index contributed by atoms with van der Waals surface area (Å²) in [4.78, 5) is 31.0. The van der Waals surface area contributed by atoms with Gasteiger partial charge in [-0.2, -0.15) is 0 Å². The Labute approximate surface area is 145 Å². The van der Waals surface area contributed by atoms with E-state index in [1.165, 1.54) is 11.3 Å². The van der Waals surface area contributed by atoms with Crippen molar-refractivity contribution < 1.29 is 9.59 Å². The van der Waals surface area contributed by atoms with Crippen LogP contribution in [0.4, 0.5) is 11.4 Å². The standard InChI is InChI=1S/C18H21N3O2S/c1-18(2,3)17-19-11-14(24-17)16(23)20-12-6-4-7-13(10-12)21-9-5-8-15(21)22/h4,6-7,10-11H,5,8-9H2,1-3H3,(H,20,23). The van der Waals surface area contributed by atoms with Crippen LogP contribution < -0.4 is 10.2 Å². The molecule has 24 heavy (non-hydrogen) atoms. The van der Waals surface area contributed by atoms with Gasteiger partial charge in [0.2, 0.25) is 5.91 Å². The third-order valence-electron chi connectivity index (χ3n) is 3.86. The fourth-order valence-electron chi connectivity index (χ4n) is 2.59. The second-order valence-corrected chi connectivity index (χ2v) is 7.96. The van der Waals surface area contributed by atoms with Crippen molar-refractivity contribution in [1.29, 1.82) is 0 Å². The third-order valence-corrected chi connectivity index (χ3v) is 5.28. The topological polar surface area (TPSA) is 62.3 Å². The fourth-order valence-corrected chi connectivity index (χ4v) is 3.46. The number of hydrogen-bond acceptors (Lipinski definition) is 4. The van der Waals surface area contributed by atoms with Gasteiger partial charge >= 0.3 is 0 Å². The Morgan fingerprint density at radius 3 is 2.75 bits per heavy atom. The summed E-state index contributed by atoms with van der Waals surface area (Å²) < 4.78 is 0. The summed E-state index contributed by atoms with van der Waals surface area (Å²) in [5.41, 5.74) is 1.44. The third kappa shape index (κ3) is 3.48. The first-order valence-corrected chi connectivity index (χ1v) is 8.84. The van der Waals surface area contributed by atoms with Crippen LogP contribution >= 0.6 is 11.3 Å². The number of hydrogen-bond donors (Lipinski definition) is 1. The molecule has 3 rings (SSSR count). The monoisotopic (exact) mass is 343 g/mol. The minimum atomic E-state index is -0.173. The number of aromatic nitrogens is 1. The van der Waals surface area contributed by atoms with Gasteiger partial charge in [0.1, 0.15) is 4.88 Å². The molecule has 2 amide bonds. The first-order chi connectivity index (χ1) is 11.3. The number of carbonyl (C=O) groups excluding carboxylic acids is 2. The molecule has 0 spiro atoms. The molecule has 0 radical (unpaired) electrons. The van der Waals surface area contributed by atoms with Crippen LogP contribution in [0.15, 0.2) is 30.5 Å². The highest BCUT2D eigenvalue weighted by molar-refractivity contribution is 7.13. The molecule has 1 aliphatic heterocycles. The molecular formula is C18H21N3O2S. The summed E-state index contributed by atoms with van der Waals surface area (Å²) in [6.45, 7) is 6.96. The molecular weight excluding hydrogens is 322 g/mol. The Balaban J connectivity index is 1.75. The Morgan fingerprint density at radius 2 is 2.12 bits per heavy atom. The predicted molar refractivity (Wildman–Crippen MR) is 96.8 cm³/mol. The lowest BCUT2D eigenvalue weighted by Gasteiger charge is -2.16. The van der Waals surface area contributed by atoms with Crippen molar-refractivity contribution in [3.05, 3.63) is 40.3 Å². The van der Waals surface area contributed by atoms with Crippen molar-refractivity contribution in [3.8, 4) is 0 Å². The van der Waals surface area contributed by atoms with Gasteiger partial charge in [0, 0.05) is 29.8 Å². The highest BCUT2D eigenvalue weighted by Crippen LogP contribution is 2.28. The highest BCUT2D eigenvalue weighted by Gasteiger charge is 2.23. The molecule has 0 bridgehead atoms. The quantitative estimate of drug-likeness (QED) is 0.921. The number of thiazole rings is 1. The maximum absolute atomic E-state index is 12.4. The van der Waals surface area contributed by atoms with Crippen LogP contribution in [0.2, 0.25) is 0 Å². The van der Waals surface area contributed by atoms with Crippen molar-refractivity contribution >= 4 is 34.5 Å². The Hall–Kier alpha value is -2.21. The maximum atomic E-state index is 12.4. The second kappa shape index (κ2) is 6.36. The molecule has 126 valence electrons. The zero-order valence-electron chi connectivity index (χ0n) is 14.1. The van der Waals surface area contributed by atoms with Crippen molar-refractivity contribution in [1.82, 2.24) is 4.98 Å². The Morgan fingerprint density at radius 1 is 1.33 bits per heavy atom. The van der Waals surface area contributed by atoms with Crippen molar-refractivity contribution in [2.45, 2.75) is 39.0 Å². The summed E-state index contributed by atoms with van der Waals surface area (Å²) in [6.07, 6.45) is 3.09. The molecule has 2 heterocycles. The van der Waals surface area contributed by atoms with Crippen molar-refractivity contribution in [2.75, 3.05) is 16.8 Å². The molecule has 0 saturated carbocycles. The van der Waals surface area contributed by atoms with Crippen LogP contribution in [0.25, 0.3) is 0 Å². The fraction of sp³-hybridized carbons (Fsp3) is 0.389. The number of benzene rings is 1. The van der Waals surface area contributed by atoms with E-state index in [1.807, 2.05) is 24.3 Å². The molecule has 6 heteroatoms. The summed E-state index contributed by atoms with van der Waals surface area (Å²) in [7, 11) is 0. The summed E-state index contributed by atoms with van der Waals surface area (Å²) in [5, 5.41) is 3.83. The van der Waals surface area contributed by atoms with E-state index < -0.39 is 0 Å². The van der Waals surface area contributed by atoms with Crippen LogP contribution in [0.3, 0.4) is 0 Å². The van der Waals surface area contributed by atoms with Gasteiger partial charge in [-0.15, -0.1) is 11.3 Å². The van der Waals surface area contributed by atoms with Gasteiger partial charge in [-0.1, -0.05) is 26.8 Å².